The number of aryl methyl sites for hydroxylation is 2. The zero-order valence-corrected chi connectivity index (χ0v) is 29.9. The maximum Gasteiger partial charge on any atom is 0.267 e. The van der Waals surface area contributed by atoms with Gasteiger partial charge in [-0.2, -0.15) is 0 Å². The number of amides is 1. The molecule has 0 spiro atoms. The number of sulfonamides is 1. The third-order valence-electron chi connectivity index (χ3n) is 8.64. The second-order valence-electron chi connectivity index (χ2n) is 12.8. The molecule has 1 aliphatic rings. The summed E-state index contributed by atoms with van der Waals surface area (Å²) in [5.74, 6) is 0.827. The van der Waals surface area contributed by atoms with Gasteiger partial charge >= 0.3 is 0 Å². The molecule has 0 saturated carbocycles. The first-order valence-corrected chi connectivity index (χ1v) is 17.9. The summed E-state index contributed by atoms with van der Waals surface area (Å²) < 4.78 is 52.3. The SMILES string of the molecule is COc1ccc(CN(C)C[C@@H]2OCCCC[C@@H](C)Oc3ccc(NS(=O)(=O)c4c(C)noc4C)cc3C(=O)N([C@H](C)CO)C[C@H]2C)cc1. The Bertz CT molecular complexity index is 1590. The number of methoxy groups -OCH3 is 1. The Morgan fingerprint density at radius 1 is 1.15 bits per heavy atom. The van der Waals surface area contributed by atoms with Crippen LogP contribution in [0, 0.1) is 19.8 Å². The number of rotatable bonds is 10. The fourth-order valence-corrected chi connectivity index (χ4v) is 7.31. The number of carbonyl (C=O) groups is 1. The van der Waals surface area contributed by atoms with Crippen LogP contribution in [0.3, 0.4) is 0 Å². The van der Waals surface area contributed by atoms with E-state index in [9.17, 15) is 18.3 Å². The van der Waals surface area contributed by atoms with E-state index in [0.29, 0.717) is 32.0 Å². The highest BCUT2D eigenvalue weighted by Gasteiger charge is 2.31. The molecule has 1 aromatic heterocycles. The van der Waals surface area contributed by atoms with Gasteiger partial charge in [-0.05, 0) is 89.9 Å². The van der Waals surface area contributed by atoms with Crippen molar-refractivity contribution in [1.29, 1.82) is 0 Å². The third-order valence-corrected chi connectivity index (χ3v) is 10.3. The third kappa shape index (κ3) is 9.49. The molecule has 13 heteroatoms. The van der Waals surface area contributed by atoms with Crippen LogP contribution in [0.25, 0.3) is 0 Å². The van der Waals surface area contributed by atoms with E-state index < -0.39 is 16.1 Å². The Kier molecular flexibility index (Phi) is 12.9. The van der Waals surface area contributed by atoms with E-state index in [1.807, 2.05) is 38.2 Å². The molecule has 4 rings (SSSR count). The van der Waals surface area contributed by atoms with Gasteiger partial charge in [0.15, 0.2) is 10.7 Å². The second-order valence-corrected chi connectivity index (χ2v) is 14.4. The highest BCUT2D eigenvalue weighted by molar-refractivity contribution is 7.92. The summed E-state index contributed by atoms with van der Waals surface area (Å²) in [7, 11) is -0.369. The largest absolute Gasteiger partial charge is 0.497 e. The lowest BCUT2D eigenvalue weighted by Gasteiger charge is -2.36. The number of fused-ring (bicyclic) bond motifs is 1. The first-order valence-electron chi connectivity index (χ1n) is 16.4. The number of aliphatic hydroxyl groups excluding tert-OH is 1. The Balaban J connectivity index is 1.63. The first-order chi connectivity index (χ1) is 22.8. The molecule has 4 atom stereocenters. The van der Waals surface area contributed by atoms with Crippen LogP contribution in [0.2, 0.25) is 0 Å². The molecule has 0 fully saturated rings. The zero-order valence-electron chi connectivity index (χ0n) is 29.1. The van der Waals surface area contributed by atoms with Crippen molar-refractivity contribution in [1.82, 2.24) is 15.0 Å². The molecule has 264 valence electrons. The molecule has 12 nitrogen and oxygen atoms in total. The lowest BCUT2D eigenvalue weighted by Crippen LogP contribution is -2.47. The topological polar surface area (TPSA) is 144 Å². The molecule has 2 heterocycles. The summed E-state index contributed by atoms with van der Waals surface area (Å²) in [6, 6.07) is 12.1. The van der Waals surface area contributed by atoms with Gasteiger partial charge < -0.3 is 28.7 Å². The van der Waals surface area contributed by atoms with Crippen LogP contribution in [0.4, 0.5) is 5.69 Å². The minimum absolute atomic E-state index is 0.0499. The standard InChI is InChI=1S/C35H50N4O8S/c1-23-19-39(24(2)22-40)35(41)31-18-29(37-48(42,43)34-26(4)36-47-27(34)5)13-16-32(31)46-25(3)10-8-9-17-45-33(23)21-38(6)20-28-11-14-30(44-7)15-12-28/h11-16,18,23-25,33,37,40H,8-10,17,19-22H2,1-7H3/t23-,24-,25-,33+/m1/s1. The normalized spacial score (nSPS) is 20.5. The lowest BCUT2D eigenvalue weighted by molar-refractivity contribution is -0.0177. The van der Waals surface area contributed by atoms with E-state index >= 15 is 0 Å². The van der Waals surface area contributed by atoms with Crippen molar-refractivity contribution in [2.75, 3.05) is 45.2 Å². The van der Waals surface area contributed by atoms with Crippen molar-refractivity contribution < 1.29 is 37.1 Å². The van der Waals surface area contributed by atoms with Gasteiger partial charge in [0.05, 0.1) is 37.5 Å². The van der Waals surface area contributed by atoms with Gasteiger partial charge in [0, 0.05) is 37.8 Å². The number of nitrogens with zero attached hydrogens (tertiary/aromatic N) is 3. The predicted octanol–water partition coefficient (Wildman–Crippen LogP) is 5.03. The molecule has 0 radical (unpaired) electrons. The van der Waals surface area contributed by atoms with E-state index in [1.54, 1.807) is 38.0 Å². The van der Waals surface area contributed by atoms with Gasteiger partial charge in [0.2, 0.25) is 0 Å². The molecule has 0 saturated heterocycles. The predicted molar refractivity (Wildman–Crippen MR) is 183 cm³/mol. The number of hydrogen-bond acceptors (Lipinski definition) is 10. The van der Waals surface area contributed by atoms with Gasteiger partial charge in [0.1, 0.15) is 17.2 Å². The first kappa shape index (κ1) is 37.2. The molecule has 1 amide bonds. The molecule has 2 N–H and O–H groups in total. The van der Waals surface area contributed by atoms with Gasteiger partial charge in [-0.15, -0.1) is 0 Å². The molecule has 3 aromatic rings. The molecule has 0 aliphatic carbocycles. The van der Waals surface area contributed by atoms with Crippen molar-refractivity contribution in [3.63, 3.8) is 0 Å². The highest BCUT2D eigenvalue weighted by Crippen LogP contribution is 2.30. The monoisotopic (exact) mass is 686 g/mol. The maximum absolute atomic E-state index is 14.4. The van der Waals surface area contributed by atoms with Crippen LogP contribution in [0.5, 0.6) is 11.5 Å². The molecular weight excluding hydrogens is 636 g/mol. The Morgan fingerprint density at radius 2 is 1.88 bits per heavy atom. The van der Waals surface area contributed by atoms with Crippen LogP contribution < -0.4 is 14.2 Å². The van der Waals surface area contributed by atoms with Crippen LogP contribution >= 0.6 is 0 Å². The van der Waals surface area contributed by atoms with E-state index in [1.165, 1.54) is 13.0 Å². The number of ether oxygens (including phenoxy) is 3. The van der Waals surface area contributed by atoms with Gasteiger partial charge in [-0.25, -0.2) is 8.42 Å². The number of likely N-dealkylation sites (N-methyl/N-ethyl adjacent to an activating group) is 1. The van der Waals surface area contributed by atoms with Gasteiger partial charge in [0.25, 0.3) is 15.9 Å². The number of nitrogens with one attached hydrogen (secondary N) is 1. The summed E-state index contributed by atoms with van der Waals surface area (Å²) in [6.07, 6.45) is 2.06. The van der Waals surface area contributed by atoms with Crippen molar-refractivity contribution >= 4 is 21.6 Å². The Hall–Kier alpha value is -3.65. The fraction of sp³-hybridized carbons (Fsp3) is 0.543. The highest BCUT2D eigenvalue weighted by atomic mass is 32.2. The van der Waals surface area contributed by atoms with Gasteiger partial charge in [-0.1, -0.05) is 24.2 Å². The smallest absolute Gasteiger partial charge is 0.267 e. The van der Waals surface area contributed by atoms with E-state index in [0.717, 1.165) is 30.6 Å². The van der Waals surface area contributed by atoms with Crippen LogP contribution in [-0.2, 0) is 21.3 Å². The molecule has 0 unspecified atom stereocenters. The maximum atomic E-state index is 14.4. The Morgan fingerprint density at radius 3 is 2.52 bits per heavy atom. The quantitative estimate of drug-likeness (QED) is 0.298. The minimum atomic E-state index is -4.06. The number of aromatic nitrogens is 1. The second kappa shape index (κ2) is 16.6. The summed E-state index contributed by atoms with van der Waals surface area (Å²) in [5, 5.41) is 14.0. The van der Waals surface area contributed by atoms with E-state index in [4.69, 9.17) is 18.7 Å². The van der Waals surface area contributed by atoms with Crippen LogP contribution in [-0.4, -0.2) is 93.1 Å². The van der Waals surface area contributed by atoms with Crippen LogP contribution in [0.15, 0.2) is 51.9 Å². The molecule has 2 aromatic carbocycles. The van der Waals surface area contributed by atoms with E-state index in [-0.39, 0.29) is 58.2 Å². The zero-order chi connectivity index (χ0) is 35.0. The number of benzene rings is 2. The summed E-state index contributed by atoms with van der Waals surface area (Å²) in [4.78, 5) is 18.2. The average Bonchev–Trinajstić information content (AvgIpc) is 3.40. The summed E-state index contributed by atoms with van der Waals surface area (Å²) in [6.45, 7) is 10.8. The van der Waals surface area contributed by atoms with Gasteiger partial charge in [-0.3, -0.25) is 14.4 Å². The number of aliphatic hydroxyl groups is 1. The van der Waals surface area contributed by atoms with Crippen molar-refractivity contribution in [3.05, 3.63) is 65.0 Å². The van der Waals surface area contributed by atoms with Crippen LogP contribution in [0.1, 0.15) is 67.4 Å². The summed E-state index contributed by atoms with van der Waals surface area (Å²) in [5.41, 5.74) is 1.75. The van der Waals surface area contributed by atoms with E-state index in [2.05, 4.69) is 21.7 Å². The number of hydrogen-bond donors (Lipinski definition) is 2. The number of carbonyl (C=O) groups excluding carboxylic acids is 1. The molecule has 0 bridgehead atoms. The molecule has 48 heavy (non-hydrogen) atoms. The fourth-order valence-electron chi connectivity index (χ4n) is 5.93. The Labute approximate surface area is 284 Å². The average molecular weight is 687 g/mol. The lowest BCUT2D eigenvalue weighted by atomic mass is 10.0. The molecular formula is C35H50N4O8S. The van der Waals surface area contributed by atoms with Crippen molar-refractivity contribution in [2.45, 2.75) is 83.6 Å². The molecule has 1 aliphatic heterocycles. The minimum Gasteiger partial charge on any atom is -0.497 e. The summed E-state index contributed by atoms with van der Waals surface area (Å²) >= 11 is 0. The number of anilines is 1. The van der Waals surface area contributed by atoms with Crippen molar-refractivity contribution in [3.8, 4) is 11.5 Å². The van der Waals surface area contributed by atoms with Crippen molar-refractivity contribution in [2.24, 2.45) is 5.92 Å².